The van der Waals surface area contributed by atoms with Gasteiger partial charge in [0, 0.05) is 18.0 Å². The van der Waals surface area contributed by atoms with Gasteiger partial charge in [-0.15, -0.1) is 11.3 Å². The second kappa shape index (κ2) is 9.97. The van der Waals surface area contributed by atoms with Gasteiger partial charge in [0.25, 0.3) is 5.91 Å². The Hall–Kier alpha value is -3.17. The summed E-state index contributed by atoms with van der Waals surface area (Å²) in [6, 6.07) is 9.30. The maximum absolute atomic E-state index is 12.7. The molecule has 1 atom stereocenters. The number of aromatic nitrogens is 2. The minimum Gasteiger partial charge on any atom is -0.462 e. The molecule has 1 N–H and O–H groups in total. The Labute approximate surface area is 194 Å². The number of rotatable bonds is 7. The fraction of sp³-hybridized carbons (Fsp3) is 0.273. The van der Waals surface area contributed by atoms with Gasteiger partial charge in [-0.05, 0) is 26.3 Å². The molecule has 1 amide bonds. The summed E-state index contributed by atoms with van der Waals surface area (Å²) in [7, 11) is 1.60. The molecule has 8 nitrogen and oxygen atoms in total. The van der Waals surface area contributed by atoms with Crippen LogP contribution < -0.4 is 5.32 Å². The van der Waals surface area contributed by atoms with E-state index >= 15 is 0 Å². The van der Waals surface area contributed by atoms with Crippen LogP contribution in [0.25, 0.3) is 11.1 Å². The smallest absolute Gasteiger partial charge is 0.343 e. The van der Waals surface area contributed by atoms with E-state index in [2.05, 4.69) is 10.4 Å². The molecule has 1 aromatic carbocycles. The summed E-state index contributed by atoms with van der Waals surface area (Å²) in [5, 5.41) is 8.95. The van der Waals surface area contributed by atoms with Gasteiger partial charge in [0.05, 0.1) is 12.3 Å². The predicted octanol–water partition coefficient (Wildman–Crippen LogP) is 4.47. The minimum atomic E-state index is -1.14. The number of ether oxygens (including phenoxy) is 2. The largest absolute Gasteiger partial charge is 0.462 e. The number of nitrogens with zero attached hydrogens (tertiary/aromatic N) is 2. The van der Waals surface area contributed by atoms with E-state index in [1.807, 2.05) is 30.3 Å². The molecule has 0 saturated heterocycles. The highest BCUT2D eigenvalue weighted by Crippen LogP contribution is 2.36. The Morgan fingerprint density at radius 3 is 2.47 bits per heavy atom. The molecule has 2 heterocycles. The Kier molecular flexibility index (Phi) is 7.32. The van der Waals surface area contributed by atoms with Crippen molar-refractivity contribution in [2.24, 2.45) is 7.05 Å². The molecular weight excluding hydrogens is 454 g/mol. The highest BCUT2D eigenvalue weighted by Gasteiger charge is 2.27. The van der Waals surface area contributed by atoms with Crippen molar-refractivity contribution < 1.29 is 23.9 Å². The van der Waals surface area contributed by atoms with Crippen molar-refractivity contribution in [1.82, 2.24) is 9.78 Å². The Morgan fingerprint density at radius 2 is 1.88 bits per heavy atom. The van der Waals surface area contributed by atoms with Crippen LogP contribution in [0.4, 0.5) is 5.00 Å². The zero-order chi connectivity index (χ0) is 23.4. The maximum Gasteiger partial charge on any atom is 0.343 e. The molecule has 2 aromatic heterocycles. The average Bonchev–Trinajstić information content (AvgIpc) is 3.28. The number of halogens is 1. The first-order chi connectivity index (χ1) is 15.2. The van der Waals surface area contributed by atoms with Gasteiger partial charge in [0.15, 0.2) is 6.10 Å². The lowest BCUT2D eigenvalue weighted by molar-refractivity contribution is -0.123. The number of carbonyl (C=O) groups excluding carboxylic acids is 3. The molecule has 0 aliphatic heterocycles. The quantitative estimate of drug-likeness (QED) is 0.506. The third-order valence-corrected chi connectivity index (χ3v) is 5.93. The minimum absolute atomic E-state index is 0.100. The van der Waals surface area contributed by atoms with Crippen LogP contribution in [0.2, 0.25) is 5.15 Å². The first-order valence-corrected chi connectivity index (χ1v) is 11.0. The molecule has 32 heavy (non-hydrogen) atoms. The van der Waals surface area contributed by atoms with Crippen molar-refractivity contribution in [2.75, 3.05) is 11.9 Å². The monoisotopic (exact) mass is 475 g/mol. The van der Waals surface area contributed by atoms with Gasteiger partial charge in [0.2, 0.25) is 0 Å². The van der Waals surface area contributed by atoms with Gasteiger partial charge in [-0.25, -0.2) is 9.59 Å². The lowest BCUT2D eigenvalue weighted by Gasteiger charge is -2.14. The lowest BCUT2D eigenvalue weighted by atomic mass is 10.0. The van der Waals surface area contributed by atoms with Gasteiger partial charge < -0.3 is 14.8 Å². The van der Waals surface area contributed by atoms with Gasteiger partial charge in [-0.3, -0.25) is 9.48 Å². The predicted molar refractivity (Wildman–Crippen MR) is 122 cm³/mol. The standard InChI is InChI=1S/C22H22ClN3O5S/c1-5-30-21(28)17-15(14-9-7-6-8-10-14)11-32-20(17)24-19(27)13(3)31-22(29)16-12(2)25-26(4)18(16)23/h6-11,13H,5H2,1-4H3,(H,24,27). The molecule has 0 fully saturated rings. The number of anilines is 1. The molecule has 0 saturated carbocycles. The van der Waals surface area contributed by atoms with Gasteiger partial charge in [0.1, 0.15) is 21.3 Å². The summed E-state index contributed by atoms with van der Waals surface area (Å²) in [5.74, 6) is -1.90. The molecule has 0 radical (unpaired) electrons. The molecule has 168 valence electrons. The molecule has 0 spiro atoms. The number of hydrogen-bond acceptors (Lipinski definition) is 7. The van der Waals surface area contributed by atoms with Gasteiger partial charge >= 0.3 is 11.9 Å². The summed E-state index contributed by atoms with van der Waals surface area (Å²) in [6.07, 6.45) is -1.14. The van der Waals surface area contributed by atoms with E-state index in [4.69, 9.17) is 21.1 Å². The lowest BCUT2D eigenvalue weighted by Crippen LogP contribution is -2.30. The van der Waals surface area contributed by atoms with Crippen LogP contribution in [0, 0.1) is 6.92 Å². The summed E-state index contributed by atoms with van der Waals surface area (Å²) in [5.41, 5.74) is 2.20. The number of nitrogens with one attached hydrogen (secondary N) is 1. The van der Waals surface area contributed by atoms with Crippen LogP contribution in [0.5, 0.6) is 0 Å². The Bertz CT molecular complexity index is 1160. The normalized spacial score (nSPS) is 11.7. The molecule has 3 rings (SSSR count). The number of carbonyl (C=O) groups is 3. The third-order valence-electron chi connectivity index (χ3n) is 4.60. The van der Waals surface area contributed by atoms with Crippen LogP contribution in [-0.4, -0.2) is 40.3 Å². The van der Waals surface area contributed by atoms with E-state index in [1.165, 1.54) is 22.9 Å². The molecule has 3 aromatic rings. The van der Waals surface area contributed by atoms with E-state index in [0.29, 0.717) is 16.3 Å². The summed E-state index contributed by atoms with van der Waals surface area (Å²) >= 11 is 7.28. The van der Waals surface area contributed by atoms with Crippen LogP contribution in [-0.2, 0) is 21.3 Å². The molecule has 0 bridgehead atoms. The number of amides is 1. The van der Waals surface area contributed by atoms with Crippen molar-refractivity contribution >= 4 is 45.8 Å². The Morgan fingerprint density at radius 1 is 1.19 bits per heavy atom. The first-order valence-electron chi connectivity index (χ1n) is 9.79. The van der Waals surface area contributed by atoms with E-state index in [0.717, 1.165) is 5.56 Å². The molecule has 10 heteroatoms. The molecular formula is C22H22ClN3O5S. The van der Waals surface area contributed by atoms with Crippen molar-refractivity contribution in [1.29, 1.82) is 0 Å². The van der Waals surface area contributed by atoms with Crippen molar-refractivity contribution in [3.8, 4) is 11.1 Å². The van der Waals surface area contributed by atoms with Crippen LogP contribution in [0.1, 0.15) is 40.3 Å². The van der Waals surface area contributed by atoms with Gasteiger partial charge in [-0.1, -0.05) is 41.9 Å². The Balaban J connectivity index is 1.81. The van der Waals surface area contributed by atoms with Crippen LogP contribution in [0.15, 0.2) is 35.7 Å². The van der Waals surface area contributed by atoms with Crippen molar-refractivity contribution in [3.05, 3.63) is 57.7 Å². The number of thiophene rings is 1. The third kappa shape index (κ3) is 4.84. The highest BCUT2D eigenvalue weighted by atomic mass is 35.5. The molecule has 0 aliphatic rings. The number of aryl methyl sites for hydroxylation is 2. The summed E-state index contributed by atoms with van der Waals surface area (Å²) < 4.78 is 11.8. The van der Waals surface area contributed by atoms with E-state index in [-0.39, 0.29) is 22.9 Å². The second-order valence-electron chi connectivity index (χ2n) is 6.85. The highest BCUT2D eigenvalue weighted by molar-refractivity contribution is 7.15. The van der Waals surface area contributed by atoms with E-state index < -0.39 is 23.9 Å². The van der Waals surface area contributed by atoms with Crippen LogP contribution >= 0.6 is 22.9 Å². The summed E-state index contributed by atoms with van der Waals surface area (Å²) in [4.78, 5) is 37.9. The summed E-state index contributed by atoms with van der Waals surface area (Å²) in [6.45, 7) is 4.95. The fourth-order valence-electron chi connectivity index (χ4n) is 3.03. The molecule has 1 unspecified atom stereocenters. The van der Waals surface area contributed by atoms with E-state index in [1.54, 1.807) is 26.3 Å². The number of hydrogen-bond donors (Lipinski definition) is 1. The number of benzene rings is 1. The second-order valence-corrected chi connectivity index (χ2v) is 8.09. The zero-order valence-corrected chi connectivity index (χ0v) is 19.5. The van der Waals surface area contributed by atoms with Crippen LogP contribution in [0.3, 0.4) is 0 Å². The number of esters is 2. The average molecular weight is 476 g/mol. The SMILES string of the molecule is CCOC(=O)c1c(-c2ccccc2)csc1NC(=O)C(C)OC(=O)c1c(C)nn(C)c1Cl. The maximum atomic E-state index is 12.7. The zero-order valence-electron chi connectivity index (χ0n) is 18.0. The van der Waals surface area contributed by atoms with Crippen molar-refractivity contribution in [2.45, 2.75) is 26.9 Å². The van der Waals surface area contributed by atoms with Crippen molar-refractivity contribution in [3.63, 3.8) is 0 Å². The fourth-order valence-corrected chi connectivity index (χ4v) is 4.25. The van der Waals surface area contributed by atoms with Gasteiger partial charge in [-0.2, -0.15) is 5.10 Å². The topological polar surface area (TPSA) is 99.5 Å². The molecule has 0 aliphatic carbocycles. The van der Waals surface area contributed by atoms with E-state index in [9.17, 15) is 14.4 Å². The first kappa shape index (κ1) is 23.5.